The summed E-state index contributed by atoms with van der Waals surface area (Å²) in [6.45, 7) is 1.40. The summed E-state index contributed by atoms with van der Waals surface area (Å²) in [5, 5.41) is 6.04. The van der Waals surface area contributed by atoms with Crippen molar-refractivity contribution in [2.24, 2.45) is 7.05 Å². The largest absolute Gasteiger partial charge is 0.350 e. The van der Waals surface area contributed by atoms with Gasteiger partial charge in [0.25, 0.3) is 5.56 Å². The molecule has 130 valence electrons. The number of anilines is 1. The number of piperidine rings is 1. The molecule has 1 fully saturated rings. The fraction of sp³-hybridized carbons (Fsp3) is 0.588. The summed E-state index contributed by atoms with van der Waals surface area (Å²) < 4.78 is 1.53. The lowest BCUT2D eigenvalue weighted by Gasteiger charge is -2.33. The van der Waals surface area contributed by atoms with Gasteiger partial charge < -0.3 is 20.1 Å². The molecule has 0 saturated carbocycles. The molecule has 2 N–H and O–H groups in total. The number of hydrogen-bond donors (Lipinski definition) is 2. The van der Waals surface area contributed by atoms with Gasteiger partial charge in [0.1, 0.15) is 0 Å². The highest BCUT2D eigenvalue weighted by atomic mass is 16.2. The summed E-state index contributed by atoms with van der Waals surface area (Å²) in [4.78, 5) is 30.6. The minimum absolute atomic E-state index is 0.0260. The van der Waals surface area contributed by atoms with Crippen molar-refractivity contribution < 1.29 is 4.79 Å². The first-order chi connectivity index (χ1) is 11.6. The van der Waals surface area contributed by atoms with Gasteiger partial charge in [-0.05, 0) is 32.1 Å². The van der Waals surface area contributed by atoms with Gasteiger partial charge in [-0.25, -0.2) is 9.78 Å². The van der Waals surface area contributed by atoms with Crippen LogP contribution in [0.4, 0.5) is 10.6 Å². The number of nitrogens with one attached hydrogen (secondary N) is 2. The van der Waals surface area contributed by atoms with Crippen LogP contribution in [0.3, 0.4) is 0 Å². The predicted molar refractivity (Wildman–Crippen MR) is 93.2 cm³/mol. The molecule has 0 aromatic carbocycles. The summed E-state index contributed by atoms with van der Waals surface area (Å²) >= 11 is 0. The smallest absolute Gasteiger partial charge is 0.315 e. The van der Waals surface area contributed by atoms with Crippen LogP contribution in [0, 0.1) is 0 Å². The standard InChI is InChI=1S/C17H25N5O2/c1-21-11-9-18-15(16(21)23)22-10-5-8-14(12-22)20-17(24)19-13-6-3-2-4-7-13/h3,6,9,11,13-14H,2,4-5,7-8,10,12H2,1H3,(H2,19,20,24)/t13-,14-/m1/s1. The fourth-order valence-corrected chi connectivity index (χ4v) is 3.32. The van der Waals surface area contributed by atoms with Gasteiger partial charge in [0.15, 0.2) is 5.82 Å². The number of carbonyl (C=O) groups excluding carboxylic acids is 1. The minimum Gasteiger partial charge on any atom is -0.350 e. The van der Waals surface area contributed by atoms with E-state index in [0.717, 1.165) is 38.6 Å². The number of nitrogens with zero attached hydrogens (tertiary/aromatic N) is 3. The Kier molecular flexibility index (Phi) is 5.17. The van der Waals surface area contributed by atoms with Crippen molar-refractivity contribution in [3.8, 4) is 0 Å². The molecule has 1 aromatic rings. The molecule has 2 atom stereocenters. The van der Waals surface area contributed by atoms with Gasteiger partial charge in [-0.3, -0.25) is 4.79 Å². The van der Waals surface area contributed by atoms with Gasteiger partial charge in [-0.1, -0.05) is 12.2 Å². The molecular weight excluding hydrogens is 306 g/mol. The second-order valence-corrected chi connectivity index (χ2v) is 6.54. The Hall–Kier alpha value is -2.31. The van der Waals surface area contributed by atoms with E-state index in [0.29, 0.717) is 12.4 Å². The fourth-order valence-electron chi connectivity index (χ4n) is 3.32. The van der Waals surface area contributed by atoms with E-state index in [1.807, 2.05) is 4.90 Å². The third kappa shape index (κ3) is 3.96. The Balaban J connectivity index is 1.58. The monoisotopic (exact) mass is 331 g/mol. The maximum atomic E-state index is 12.2. The summed E-state index contributed by atoms with van der Waals surface area (Å²) in [5.41, 5.74) is -0.102. The molecule has 0 unspecified atom stereocenters. The van der Waals surface area contributed by atoms with Crippen LogP contribution in [0.2, 0.25) is 0 Å². The zero-order valence-corrected chi connectivity index (χ0v) is 14.1. The van der Waals surface area contributed by atoms with Crippen LogP contribution in [0.5, 0.6) is 0 Å². The van der Waals surface area contributed by atoms with E-state index in [9.17, 15) is 9.59 Å². The zero-order valence-electron chi connectivity index (χ0n) is 14.1. The van der Waals surface area contributed by atoms with Gasteiger partial charge in [0.05, 0.1) is 0 Å². The highest BCUT2D eigenvalue weighted by Crippen LogP contribution is 2.15. The average Bonchev–Trinajstić information content (AvgIpc) is 2.58. The number of aromatic nitrogens is 2. The third-order valence-electron chi connectivity index (χ3n) is 4.63. The first-order valence-electron chi connectivity index (χ1n) is 8.64. The van der Waals surface area contributed by atoms with Crippen LogP contribution in [-0.4, -0.2) is 40.8 Å². The molecule has 1 saturated heterocycles. The van der Waals surface area contributed by atoms with Crippen LogP contribution in [0.15, 0.2) is 29.3 Å². The highest BCUT2D eigenvalue weighted by Gasteiger charge is 2.24. The second kappa shape index (κ2) is 7.51. The van der Waals surface area contributed by atoms with E-state index < -0.39 is 0 Å². The molecule has 0 bridgehead atoms. The molecule has 7 heteroatoms. The number of urea groups is 1. The number of aryl methyl sites for hydroxylation is 1. The minimum atomic E-state index is -0.132. The highest BCUT2D eigenvalue weighted by molar-refractivity contribution is 5.75. The Bertz CT molecular complexity index is 669. The molecule has 0 radical (unpaired) electrons. The molecule has 1 aromatic heterocycles. The average molecular weight is 331 g/mol. The van der Waals surface area contributed by atoms with E-state index in [2.05, 4.69) is 27.8 Å². The third-order valence-corrected chi connectivity index (χ3v) is 4.63. The summed E-state index contributed by atoms with van der Waals surface area (Å²) in [5.74, 6) is 0.460. The van der Waals surface area contributed by atoms with Crippen molar-refractivity contribution in [3.63, 3.8) is 0 Å². The van der Waals surface area contributed by atoms with Crippen LogP contribution >= 0.6 is 0 Å². The lowest BCUT2D eigenvalue weighted by atomic mass is 10.0. The van der Waals surface area contributed by atoms with Gasteiger partial charge in [-0.2, -0.15) is 0 Å². The first kappa shape index (κ1) is 16.5. The molecular formula is C17H25N5O2. The van der Waals surface area contributed by atoms with Crippen molar-refractivity contribution in [3.05, 3.63) is 34.9 Å². The van der Waals surface area contributed by atoms with Gasteiger partial charge in [0, 0.05) is 44.6 Å². The first-order valence-corrected chi connectivity index (χ1v) is 8.64. The van der Waals surface area contributed by atoms with E-state index in [1.54, 1.807) is 19.4 Å². The van der Waals surface area contributed by atoms with Crippen LogP contribution in [0.1, 0.15) is 32.1 Å². The Morgan fingerprint density at radius 3 is 2.96 bits per heavy atom. The van der Waals surface area contributed by atoms with Crippen LogP contribution in [0.25, 0.3) is 0 Å². The second-order valence-electron chi connectivity index (χ2n) is 6.54. The summed E-state index contributed by atoms with van der Waals surface area (Å²) in [6.07, 6.45) is 12.5. The van der Waals surface area contributed by atoms with Gasteiger partial charge >= 0.3 is 6.03 Å². The predicted octanol–water partition coefficient (Wildman–Crippen LogP) is 1.16. The Morgan fingerprint density at radius 1 is 1.29 bits per heavy atom. The molecule has 3 rings (SSSR count). The molecule has 24 heavy (non-hydrogen) atoms. The normalized spacial score (nSPS) is 23.8. The number of amides is 2. The van der Waals surface area contributed by atoms with Crippen molar-refractivity contribution in [1.82, 2.24) is 20.2 Å². The summed E-state index contributed by atoms with van der Waals surface area (Å²) in [7, 11) is 1.72. The van der Waals surface area contributed by atoms with Crippen LogP contribution < -0.4 is 21.1 Å². The maximum absolute atomic E-state index is 12.2. The van der Waals surface area contributed by atoms with Crippen molar-refractivity contribution in [2.45, 2.75) is 44.2 Å². The molecule has 1 aliphatic carbocycles. The van der Waals surface area contributed by atoms with Crippen molar-refractivity contribution >= 4 is 11.8 Å². The molecule has 2 amide bonds. The zero-order chi connectivity index (χ0) is 16.9. The van der Waals surface area contributed by atoms with Gasteiger partial charge in [-0.15, -0.1) is 0 Å². The number of allylic oxidation sites excluding steroid dienone is 1. The molecule has 1 aliphatic heterocycles. The SMILES string of the molecule is Cn1ccnc(N2CCC[C@@H](NC(=O)N[C@@H]3C=CCCC3)C2)c1=O. The number of carbonyl (C=O) groups is 1. The Labute approximate surface area is 141 Å². The van der Waals surface area contributed by atoms with Gasteiger partial charge in [0.2, 0.25) is 0 Å². The van der Waals surface area contributed by atoms with Crippen molar-refractivity contribution in [1.29, 1.82) is 0 Å². The summed E-state index contributed by atoms with van der Waals surface area (Å²) in [6, 6.07) is 0.0203. The van der Waals surface area contributed by atoms with E-state index in [4.69, 9.17) is 0 Å². The molecule has 0 spiro atoms. The van der Waals surface area contributed by atoms with E-state index in [1.165, 1.54) is 4.57 Å². The number of hydrogen-bond acceptors (Lipinski definition) is 4. The Morgan fingerprint density at radius 2 is 2.17 bits per heavy atom. The van der Waals surface area contributed by atoms with E-state index >= 15 is 0 Å². The molecule has 2 heterocycles. The quantitative estimate of drug-likeness (QED) is 0.815. The topological polar surface area (TPSA) is 79.3 Å². The lowest BCUT2D eigenvalue weighted by molar-refractivity contribution is 0.232. The number of rotatable bonds is 3. The molecule has 2 aliphatic rings. The molecule has 7 nitrogen and oxygen atoms in total. The lowest BCUT2D eigenvalue weighted by Crippen LogP contribution is -2.53. The van der Waals surface area contributed by atoms with E-state index in [-0.39, 0.29) is 23.7 Å². The van der Waals surface area contributed by atoms with Crippen LogP contribution in [-0.2, 0) is 7.05 Å². The van der Waals surface area contributed by atoms with Crippen molar-refractivity contribution in [2.75, 3.05) is 18.0 Å². The maximum Gasteiger partial charge on any atom is 0.315 e.